The number of imidazole rings is 1. The third kappa shape index (κ3) is 4.62. The fraction of sp³-hybridized carbons (Fsp3) is 0.286. The standard InChI is InChI=1S/C21H18F6N2O4/c1-12(20(32,11-30)16-7-2-13(22)10-17(16)23)28-8-9-29(19(28)31)14-3-5-15(6-4-14)33-21(26,27)18(24)25/h2-10,12,18,30,32H,11H2,1H3/t12-,20-/m1/s1. The van der Waals surface area contributed by atoms with E-state index in [0.29, 0.717) is 6.07 Å². The van der Waals surface area contributed by atoms with Crippen molar-refractivity contribution in [2.75, 3.05) is 6.61 Å². The van der Waals surface area contributed by atoms with Crippen LogP contribution >= 0.6 is 0 Å². The summed E-state index contributed by atoms with van der Waals surface area (Å²) in [7, 11) is 0. The van der Waals surface area contributed by atoms with Crippen molar-refractivity contribution in [2.45, 2.75) is 31.1 Å². The minimum Gasteiger partial charge on any atom is -0.428 e. The van der Waals surface area contributed by atoms with Gasteiger partial charge in [-0.15, -0.1) is 0 Å². The Morgan fingerprint density at radius 1 is 1.06 bits per heavy atom. The number of aromatic nitrogens is 2. The van der Waals surface area contributed by atoms with Gasteiger partial charge in [0.25, 0.3) is 0 Å². The number of alkyl halides is 4. The number of halogens is 6. The first-order valence-electron chi connectivity index (χ1n) is 9.44. The molecule has 3 rings (SSSR count). The first kappa shape index (κ1) is 24.4. The number of aliphatic hydroxyl groups is 2. The molecule has 2 atom stereocenters. The van der Waals surface area contributed by atoms with Crippen LogP contribution in [0.15, 0.2) is 59.7 Å². The Balaban J connectivity index is 1.92. The van der Waals surface area contributed by atoms with Gasteiger partial charge in [-0.2, -0.15) is 17.6 Å². The maximum absolute atomic E-state index is 14.3. The Hall–Kier alpha value is -3.25. The molecule has 2 N–H and O–H groups in total. The van der Waals surface area contributed by atoms with E-state index in [1.165, 1.54) is 19.3 Å². The van der Waals surface area contributed by atoms with Gasteiger partial charge in [0.05, 0.1) is 18.3 Å². The van der Waals surface area contributed by atoms with Crippen molar-refractivity contribution < 1.29 is 41.3 Å². The fourth-order valence-corrected chi connectivity index (χ4v) is 3.27. The second-order valence-electron chi connectivity index (χ2n) is 7.20. The topological polar surface area (TPSA) is 76.6 Å². The van der Waals surface area contributed by atoms with Gasteiger partial charge in [0.15, 0.2) is 0 Å². The van der Waals surface area contributed by atoms with Crippen LogP contribution in [-0.2, 0) is 5.60 Å². The highest BCUT2D eigenvalue weighted by Crippen LogP contribution is 2.34. The Labute approximate surface area is 182 Å². The predicted molar refractivity (Wildman–Crippen MR) is 104 cm³/mol. The van der Waals surface area contributed by atoms with Crippen LogP contribution in [-0.4, -0.2) is 38.5 Å². The molecule has 0 aliphatic heterocycles. The number of ether oxygens (including phenoxy) is 1. The van der Waals surface area contributed by atoms with E-state index in [9.17, 15) is 41.4 Å². The maximum Gasteiger partial charge on any atom is 0.461 e. The highest BCUT2D eigenvalue weighted by Gasteiger charge is 2.44. The summed E-state index contributed by atoms with van der Waals surface area (Å²) in [6.45, 7) is 0.326. The normalized spacial score (nSPS) is 14.8. The van der Waals surface area contributed by atoms with Gasteiger partial charge in [-0.05, 0) is 37.3 Å². The molecule has 0 unspecified atom stereocenters. The van der Waals surface area contributed by atoms with Crippen LogP contribution in [0, 0.1) is 11.6 Å². The number of hydrogen-bond acceptors (Lipinski definition) is 4. The van der Waals surface area contributed by atoms with Gasteiger partial charge in [-0.3, -0.25) is 9.13 Å². The average Bonchev–Trinajstić information content (AvgIpc) is 3.14. The van der Waals surface area contributed by atoms with E-state index >= 15 is 0 Å². The van der Waals surface area contributed by atoms with Crippen LogP contribution < -0.4 is 10.4 Å². The average molecular weight is 476 g/mol. The smallest absolute Gasteiger partial charge is 0.428 e. The molecule has 2 aromatic carbocycles. The lowest BCUT2D eigenvalue weighted by Gasteiger charge is -2.33. The molecule has 3 aromatic rings. The number of nitrogens with zero attached hydrogens (tertiary/aromatic N) is 2. The fourth-order valence-electron chi connectivity index (χ4n) is 3.27. The second kappa shape index (κ2) is 8.94. The molecule has 1 aromatic heterocycles. The van der Waals surface area contributed by atoms with Crippen LogP contribution in [0.1, 0.15) is 18.5 Å². The highest BCUT2D eigenvalue weighted by atomic mass is 19.3. The van der Waals surface area contributed by atoms with Gasteiger partial charge in [0.2, 0.25) is 0 Å². The van der Waals surface area contributed by atoms with Crippen molar-refractivity contribution in [1.82, 2.24) is 9.13 Å². The van der Waals surface area contributed by atoms with E-state index in [2.05, 4.69) is 4.74 Å². The summed E-state index contributed by atoms with van der Waals surface area (Å²) in [5.74, 6) is -2.58. The molecule has 33 heavy (non-hydrogen) atoms. The number of rotatable bonds is 8. The maximum atomic E-state index is 14.3. The molecule has 0 spiro atoms. The van der Waals surface area contributed by atoms with E-state index < -0.39 is 59.4 Å². The predicted octanol–water partition coefficient (Wildman–Crippen LogP) is 3.60. The van der Waals surface area contributed by atoms with E-state index in [0.717, 1.165) is 45.5 Å². The molecular weight excluding hydrogens is 458 g/mol. The van der Waals surface area contributed by atoms with E-state index in [1.807, 2.05) is 0 Å². The van der Waals surface area contributed by atoms with Gasteiger partial charge < -0.3 is 14.9 Å². The molecular formula is C21H18F6N2O4. The monoisotopic (exact) mass is 476 g/mol. The lowest BCUT2D eigenvalue weighted by Crippen LogP contribution is -2.43. The Morgan fingerprint density at radius 3 is 2.24 bits per heavy atom. The number of hydrogen-bond donors (Lipinski definition) is 2. The molecule has 12 heteroatoms. The summed E-state index contributed by atoms with van der Waals surface area (Å²) in [4.78, 5) is 12.9. The summed E-state index contributed by atoms with van der Waals surface area (Å²) in [6.07, 6.45) is -6.25. The van der Waals surface area contributed by atoms with Gasteiger partial charge in [0, 0.05) is 24.0 Å². The first-order valence-corrected chi connectivity index (χ1v) is 9.44. The van der Waals surface area contributed by atoms with Crippen molar-refractivity contribution in [3.05, 3.63) is 82.5 Å². The van der Waals surface area contributed by atoms with Crippen molar-refractivity contribution >= 4 is 0 Å². The number of aliphatic hydroxyl groups excluding tert-OH is 1. The minimum atomic E-state index is -4.69. The summed E-state index contributed by atoms with van der Waals surface area (Å²) < 4.78 is 84.1. The van der Waals surface area contributed by atoms with Crippen LogP contribution in [0.25, 0.3) is 5.69 Å². The van der Waals surface area contributed by atoms with Crippen molar-refractivity contribution in [3.8, 4) is 11.4 Å². The quantitative estimate of drug-likeness (QED) is 0.488. The number of benzene rings is 2. The molecule has 0 amide bonds. The van der Waals surface area contributed by atoms with E-state index in [-0.39, 0.29) is 5.69 Å². The third-order valence-electron chi connectivity index (χ3n) is 5.17. The highest BCUT2D eigenvalue weighted by molar-refractivity contribution is 5.37. The van der Waals surface area contributed by atoms with Gasteiger partial charge in [-0.25, -0.2) is 13.6 Å². The van der Waals surface area contributed by atoms with Crippen LogP contribution in [0.2, 0.25) is 0 Å². The van der Waals surface area contributed by atoms with Gasteiger partial charge >= 0.3 is 18.2 Å². The molecule has 1 heterocycles. The van der Waals surface area contributed by atoms with Crippen LogP contribution in [0.4, 0.5) is 26.3 Å². The van der Waals surface area contributed by atoms with Crippen LogP contribution in [0.3, 0.4) is 0 Å². The Bertz CT molecular complexity index is 1180. The SMILES string of the molecule is C[C@@H](n1ccn(-c2ccc(OC(F)(F)C(F)F)cc2)c1=O)[C@](O)(CO)c1ccc(F)cc1F. The zero-order valence-corrected chi connectivity index (χ0v) is 16.9. The molecule has 6 nitrogen and oxygen atoms in total. The zero-order chi connectivity index (χ0) is 24.6. The van der Waals surface area contributed by atoms with Gasteiger partial charge in [0.1, 0.15) is 23.0 Å². The molecule has 0 aliphatic carbocycles. The van der Waals surface area contributed by atoms with Gasteiger partial charge in [-0.1, -0.05) is 6.07 Å². The summed E-state index contributed by atoms with van der Waals surface area (Å²) >= 11 is 0. The zero-order valence-electron chi connectivity index (χ0n) is 16.9. The van der Waals surface area contributed by atoms with E-state index in [1.54, 1.807) is 0 Å². The summed E-state index contributed by atoms with van der Waals surface area (Å²) in [5.41, 5.74) is -3.35. The molecule has 0 bridgehead atoms. The Morgan fingerprint density at radius 2 is 1.70 bits per heavy atom. The summed E-state index contributed by atoms with van der Waals surface area (Å²) in [6, 6.07) is 5.36. The Kier molecular flexibility index (Phi) is 6.61. The largest absolute Gasteiger partial charge is 0.461 e. The van der Waals surface area contributed by atoms with Crippen LogP contribution in [0.5, 0.6) is 5.75 Å². The summed E-state index contributed by atoms with van der Waals surface area (Å²) in [5, 5.41) is 20.7. The van der Waals surface area contributed by atoms with Crippen molar-refractivity contribution in [3.63, 3.8) is 0 Å². The molecule has 178 valence electrons. The minimum absolute atomic E-state index is 0.138. The van der Waals surface area contributed by atoms with Crippen molar-refractivity contribution in [1.29, 1.82) is 0 Å². The lowest BCUT2D eigenvalue weighted by molar-refractivity contribution is -0.253. The molecule has 0 saturated carbocycles. The second-order valence-corrected chi connectivity index (χ2v) is 7.20. The van der Waals surface area contributed by atoms with E-state index in [4.69, 9.17) is 0 Å². The molecule has 0 radical (unpaired) electrons. The van der Waals surface area contributed by atoms with Crippen molar-refractivity contribution in [2.24, 2.45) is 0 Å². The molecule has 0 saturated heterocycles. The first-order chi connectivity index (χ1) is 15.4. The molecule has 0 fully saturated rings. The molecule has 0 aliphatic rings. The third-order valence-corrected chi connectivity index (χ3v) is 5.17. The lowest BCUT2D eigenvalue weighted by atomic mass is 9.87.